The summed E-state index contributed by atoms with van der Waals surface area (Å²) in [6, 6.07) is 0. The van der Waals surface area contributed by atoms with Gasteiger partial charge in [0, 0.05) is 5.75 Å². The zero-order valence-corrected chi connectivity index (χ0v) is 10.3. The molecule has 0 bridgehead atoms. The highest BCUT2D eigenvalue weighted by Gasteiger charge is 2.31. The van der Waals surface area contributed by atoms with Crippen molar-refractivity contribution in [2.45, 2.75) is 26.4 Å². The molecule has 14 heavy (non-hydrogen) atoms. The first-order valence-electron chi connectivity index (χ1n) is 4.85. The van der Waals surface area contributed by atoms with Gasteiger partial charge in [-0.1, -0.05) is 0 Å². The van der Waals surface area contributed by atoms with Gasteiger partial charge in [0.1, 0.15) is 0 Å². The summed E-state index contributed by atoms with van der Waals surface area (Å²) in [6.07, 6.45) is 0.943. The summed E-state index contributed by atoms with van der Waals surface area (Å²) in [6.45, 7) is 4.24. The summed E-state index contributed by atoms with van der Waals surface area (Å²) in [4.78, 5) is 0. The largest absolute Gasteiger partial charge is 0.475 e. The zero-order valence-electron chi connectivity index (χ0n) is 8.60. The molecule has 1 fully saturated rings. The van der Waals surface area contributed by atoms with Crippen molar-refractivity contribution in [1.29, 1.82) is 0 Å². The molecule has 0 aliphatic carbocycles. The molecule has 1 atom stereocenters. The third-order valence-electron chi connectivity index (χ3n) is 1.74. The van der Waals surface area contributed by atoms with Crippen LogP contribution in [0, 0.1) is 0 Å². The molecule has 6 heteroatoms. The van der Waals surface area contributed by atoms with Crippen LogP contribution in [0.4, 0.5) is 0 Å². The van der Waals surface area contributed by atoms with Crippen molar-refractivity contribution in [2.24, 2.45) is 0 Å². The maximum absolute atomic E-state index is 11.9. The minimum absolute atomic E-state index is 0.0175. The maximum atomic E-state index is 11.9. The predicted molar refractivity (Wildman–Crippen MR) is 57.7 cm³/mol. The Kier molecular flexibility index (Phi) is 5.49. The van der Waals surface area contributed by atoms with E-state index in [4.69, 9.17) is 13.6 Å². The van der Waals surface area contributed by atoms with Crippen LogP contribution >= 0.6 is 19.6 Å². The van der Waals surface area contributed by atoms with Crippen molar-refractivity contribution in [3.63, 3.8) is 0 Å². The highest BCUT2D eigenvalue weighted by atomic mass is 32.2. The average molecular weight is 240 g/mol. The van der Waals surface area contributed by atoms with Crippen molar-refractivity contribution < 1.29 is 18.1 Å². The monoisotopic (exact) mass is 240 g/mol. The molecule has 4 nitrogen and oxygen atoms in total. The molecule has 1 heterocycles. The smallest absolute Gasteiger partial charge is 0.287 e. The van der Waals surface area contributed by atoms with Gasteiger partial charge in [-0.3, -0.25) is 13.6 Å². The van der Waals surface area contributed by atoms with Crippen LogP contribution in [0.15, 0.2) is 0 Å². The van der Waals surface area contributed by atoms with Crippen LogP contribution in [0.3, 0.4) is 0 Å². The lowest BCUT2D eigenvalue weighted by atomic mass is 10.3. The van der Waals surface area contributed by atoms with E-state index in [1.54, 1.807) is 25.6 Å². The second-order valence-corrected chi connectivity index (χ2v) is 5.65. The van der Waals surface area contributed by atoms with Gasteiger partial charge >= 0.3 is 7.82 Å². The van der Waals surface area contributed by atoms with Crippen molar-refractivity contribution >= 4 is 19.6 Å². The zero-order chi connectivity index (χ0) is 10.4. The Balaban J connectivity index is 2.44. The number of hydrogen-bond acceptors (Lipinski definition) is 5. The van der Waals surface area contributed by atoms with E-state index in [1.165, 1.54) is 0 Å². The third kappa shape index (κ3) is 3.91. The van der Waals surface area contributed by atoms with Gasteiger partial charge < -0.3 is 0 Å². The lowest BCUT2D eigenvalue weighted by molar-refractivity contribution is 0.0935. The van der Waals surface area contributed by atoms with Gasteiger partial charge in [-0.2, -0.15) is 11.8 Å². The fraction of sp³-hybridized carbons (Fsp3) is 1.00. The van der Waals surface area contributed by atoms with E-state index in [-0.39, 0.29) is 6.10 Å². The van der Waals surface area contributed by atoms with E-state index < -0.39 is 7.82 Å². The summed E-state index contributed by atoms with van der Waals surface area (Å²) in [7, 11) is -3.28. The molecule has 0 radical (unpaired) electrons. The lowest BCUT2D eigenvalue weighted by Gasteiger charge is -2.19. The molecule has 1 rings (SSSR count). The van der Waals surface area contributed by atoms with Crippen LogP contribution in [0.5, 0.6) is 0 Å². The fourth-order valence-corrected chi connectivity index (χ4v) is 3.76. The first-order chi connectivity index (χ1) is 6.70. The molecule has 1 saturated heterocycles. The van der Waals surface area contributed by atoms with E-state index in [2.05, 4.69) is 0 Å². The second kappa shape index (κ2) is 6.13. The molecule has 1 unspecified atom stereocenters. The van der Waals surface area contributed by atoms with Gasteiger partial charge in [0.15, 0.2) is 0 Å². The molecule has 0 N–H and O–H groups in total. The molecule has 0 aromatic rings. The standard InChI is InChI=1S/C8H17O4PS/c1-3-10-13(9,11-4-2)12-8-5-6-14-7-8/h8H,3-7H2,1-2H3. The molecule has 0 spiro atoms. The van der Waals surface area contributed by atoms with E-state index in [1.807, 2.05) is 0 Å². The molecule has 0 aromatic heterocycles. The number of phosphoric acid groups is 1. The Hall–Kier alpha value is 0.460. The first kappa shape index (κ1) is 12.5. The van der Waals surface area contributed by atoms with E-state index in [0.717, 1.165) is 17.9 Å². The summed E-state index contributed by atoms with van der Waals surface area (Å²) in [5.74, 6) is 1.94. The van der Waals surface area contributed by atoms with Gasteiger partial charge in [-0.25, -0.2) is 4.57 Å². The number of rotatable bonds is 6. The van der Waals surface area contributed by atoms with Crippen LogP contribution in [-0.4, -0.2) is 30.8 Å². The van der Waals surface area contributed by atoms with Gasteiger partial charge in [0.05, 0.1) is 19.3 Å². The molecule has 0 amide bonds. The number of thioether (sulfide) groups is 1. The first-order valence-corrected chi connectivity index (χ1v) is 7.47. The molecular weight excluding hydrogens is 223 g/mol. The number of phosphoric ester groups is 1. The topological polar surface area (TPSA) is 44.8 Å². The lowest BCUT2D eigenvalue weighted by Crippen LogP contribution is -2.12. The van der Waals surface area contributed by atoms with Crippen molar-refractivity contribution in [3.05, 3.63) is 0 Å². The van der Waals surface area contributed by atoms with E-state index in [0.29, 0.717) is 13.2 Å². The van der Waals surface area contributed by atoms with Gasteiger partial charge in [-0.05, 0) is 26.0 Å². The molecule has 1 aliphatic heterocycles. The summed E-state index contributed by atoms with van der Waals surface area (Å²) >= 11 is 1.80. The third-order valence-corrected chi connectivity index (χ3v) is 4.58. The SMILES string of the molecule is CCOP(=O)(OCC)OC1CCSC1. The Morgan fingerprint density at radius 2 is 2.00 bits per heavy atom. The van der Waals surface area contributed by atoms with Crippen molar-refractivity contribution in [2.75, 3.05) is 24.7 Å². The Morgan fingerprint density at radius 1 is 1.36 bits per heavy atom. The van der Waals surface area contributed by atoms with Crippen LogP contribution in [-0.2, 0) is 18.1 Å². The molecular formula is C8H17O4PS. The minimum atomic E-state index is -3.28. The Bertz CT molecular complexity index is 196. The fourth-order valence-electron chi connectivity index (χ4n) is 1.19. The summed E-state index contributed by atoms with van der Waals surface area (Å²) in [5.41, 5.74) is 0. The second-order valence-electron chi connectivity index (χ2n) is 2.87. The number of hydrogen-bond donors (Lipinski definition) is 0. The minimum Gasteiger partial charge on any atom is -0.287 e. The van der Waals surface area contributed by atoms with Crippen LogP contribution in [0.1, 0.15) is 20.3 Å². The maximum Gasteiger partial charge on any atom is 0.475 e. The highest BCUT2D eigenvalue weighted by Crippen LogP contribution is 2.51. The average Bonchev–Trinajstić information content (AvgIpc) is 2.57. The van der Waals surface area contributed by atoms with Crippen LogP contribution in [0.2, 0.25) is 0 Å². The van der Waals surface area contributed by atoms with Crippen molar-refractivity contribution in [3.8, 4) is 0 Å². The van der Waals surface area contributed by atoms with E-state index >= 15 is 0 Å². The Morgan fingerprint density at radius 3 is 2.43 bits per heavy atom. The van der Waals surface area contributed by atoms with Crippen molar-refractivity contribution in [1.82, 2.24) is 0 Å². The van der Waals surface area contributed by atoms with Gasteiger partial charge in [0.25, 0.3) is 0 Å². The molecule has 1 aliphatic rings. The van der Waals surface area contributed by atoms with Crippen LogP contribution < -0.4 is 0 Å². The van der Waals surface area contributed by atoms with Gasteiger partial charge in [0.2, 0.25) is 0 Å². The predicted octanol–water partition coefficient (Wildman–Crippen LogP) is 2.69. The molecule has 0 aromatic carbocycles. The quantitative estimate of drug-likeness (QED) is 0.668. The van der Waals surface area contributed by atoms with Gasteiger partial charge in [-0.15, -0.1) is 0 Å². The Labute approximate surface area is 89.3 Å². The highest BCUT2D eigenvalue weighted by molar-refractivity contribution is 7.99. The molecule has 84 valence electrons. The van der Waals surface area contributed by atoms with Crippen LogP contribution in [0.25, 0.3) is 0 Å². The molecule has 0 saturated carbocycles. The summed E-state index contributed by atoms with van der Waals surface area (Å²) < 4.78 is 27.3. The van der Waals surface area contributed by atoms with E-state index in [9.17, 15) is 4.57 Å². The normalized spacial score (nSPS) is 22.9. The summed E-state index contributed by atoms with van der Waals surface area (Å²) in [5, 5.41) is 0.